The quantitative estimate of drug-likeness (QED) is 0.593. The van der Waals surface area contributed by atoms with Crippen molar-refractivity contribution in [1.82, 2.24) is 9.62 Å². The van der Waals surface area contributed by atoms with Gasteiger partial charge in [0.15, 0.2) is 0 Å². The molecule has 8 heteroatoms. The Morgan fingerprint density at radius 1 is 1.18 bits per heavy atom. The fourth-order valence-electron chi connectivity index (χ4n) is 4.33. The molecule has 2 aromatic rings. The Kier molecular flexibility index (Phi) is 8.08. The molecule has 1 fully saturated rings. The Morgan fingerprint density at radius 3 is 2.58 bits per heavy atom. The van der Waals surface area contributed by atoms with Gasteiger partial charge in [-0.1, -0.05) is 23.7 Å². The van der Waals surface area contributed by atoms with E-state index < -0.39 is 15.9 Å². The zero-order chi connectivity index (χ0) is 24.3. The third kappa shape index (κ3) is 5.70. The van der Waals surface area contributed by atoms with E-state index in [2.05, 4.69) is 31.3 Å². The molecule has 1 aliphatic heterocycles. The first kappa shape index (κ1) is 25.5. The summed E-state index contributed by atoms with van der Waals surface area (Å²) in [5, 5.41) is 3.42. The monoisotopic (exact) mass is 492 g/mol. The lowest BCUT2D eigenvalue weighted by molar-refractivity contribution is -0.126. The maximum atomic E-state index is 13.4. The van der Waals surface area contributed by atoms with Crippen molar-refractivity contribution in [1.29, 1.82) is 0 Å². The standard InChI is InChI=1S/C25H33ClN2O4S/c1-6-32-23-10-9-21(26)14-24(23)33(30,31)28-11-7-8-20(15-28)25(29)27-19(5)22-13-17(3)16(2)12-18(22)4/h9-10,12-14,19-20H,6-8,11,15H2,1-5H3,(H,27,29). The number of rotatable bonds is 7. The number of sulfonamides is 1. The van der Waals surface area contributed by atoms with E-state index in [-0.39, 0.29) is 29.1 Å². The molecule has 3 rings (SSSR count). The normalized spacial score (nSPS) is 18.1. The van der Waals surface area contributed by atoms with E-state index in [9.17, 15) is 13.2 Å². The minimum atomic E-state index is -3.86. The second kappa shape index (κ2) is 10.5. The summed E-state index contributed by atoms with van der Waals surface area (Å²) in [6.45, 7) is 10.8. The van der Waals surface area contributed by atoms with Crippen molar-refractivity contribution in [2.75, 3.05) is 19.7 Å². The van der Waals surface area contributed by atoms with Crippen molar-refractivity contribution >= 4 is 27.5 Å². The second-order valence-corrected chi connectivity index (χ2v) is 11.1. The Balaban J connectivity index is 1.77. The molecule has 0 radical (unpaired) electrons. The highest BCUT2D eigenvalue weighted by atomic mass is 35.5. The van der Waals surface area contributed by atoms with E-state index >= 15 is 0 Å². The first-order chi connectivity index (χ1) is 15.5. The summed E-state index contributed by atoms with van der Waals surface area (Å²) < 4.78 is 33.7. The molecule has 33 heavy (non-hydrogen) atoms. The molecule has 0 saturated carbocycles. The van der Waals surface area contributed by atoms with Gasteiger partial charge in [-0.15, -0.1) is 0 Å². The number of nitrogens with one attached hydrogen (secondary N) is 1. The number of aryl methyl sites for hydroxylation is 3. The van der Waals surface area contributed by atoms with Crippen LogP contribution in [-0.2, 0) is 14.8 Å². The summed E-state index contributed by atoms with van der Waals surface area (Å²) in [5.74, 6) is -0.277. The number of nitrogens with zero attached hydrogens (tertiary/aromatic N) is 1. The molecule has 1 saturated heterocycles. The fourth-order valence-corrected chi connectivity index (χ4v) is 6.25. The number of hydrogen-bond donors (Lipinski definition) is 1. The summed E-state index contributed by atoms with van der Waals surface area (Å²) in [4.78, 5) is 13.1. The van der Waals surface area contributed by atoms with E-state index in [0.29, 0.717) is 31.0 Å². The number of hydrogen-bond acceptors (Lipinski definition) is 4. The van der Waals surface area contributed by atoms with Gasteiger partial charge in [0.05, 0.1) is 18.6 Å². The van der Waals surface area contributed by atoms with Gasteiger partial charge in [0.25, 0.3) is 0 Å². The van der Waals surface area contributed by atoms with Crippen LogP contribution in [0.2, 0.25) is 5.02 Å². The van der Waals surface area contributed by atoms with Crippen molar-refractivity contribution in [2.24, 2.45) is 5.92 Å². The SMILES string of the molecule is CCOc1ccc(Cl)cc1S(=O)(=O)N1CCCC(C(=O)NC(C)c2cc(C)c(C)cc2C)C1. The highest BCUT2D eigenvalue weighted by molar-refractivity contribution is 7.89. The van der Waals surface area contributed by atoms with E-state index in [0.717, 1.165) is 11.1 Å². The minimum absolute atomic E-state index is 0.0389. The lowest BCUT2D eigenvalue weighted by Crippen LogP contribution is -2.45. The van der Waals surface area contributed by atoms with E-state index in [1.165, 1.54) is 21.5 Å². The molecule has 0 aliphatic carbocycles. The average Bonchev–Trinajstić information content (AvgIpc) is 2.77. The van der Waals surface area contributed by atoms with Crippen LogP contribution in [0.3, 0.4) is 0 Å². The second-order valence-electron chi connectivity index (χ2n) is 8.75. The van der Waals surface area contributed by atoms with Gasteiger partial charge >= 0.3 is 0 Å². The molecule has 1 amide bonds. The van der Waals surface area contributed by atoms with Crippen LogP contribution in [0.15, 0.2) is 35.2 Å². The van der Waals surface area contributed by atoms with Crippen LogP contribution in [0.5, 0.6) is 5.75 Å². The molecule has 1 aliphatic rings. The van der Waals surface area contributed by atoms with Gasteiger partial charge in [0.1, 0.15) is 10.6 Å². The van der Waals surface area contributed by atoms with E-state index in [1.807, 2.05) is 13.8 Å². The summed E-state index contributed by atoms with van der Waals surface area (Å²) >= 11 is 6.09. The summed E-state index contributed by atoms with van der Waals surface area (Å²) in [6, 6.07) is 8.66. The third-order valence-electron chi connectivity index (χ3n) is 6.29. The molecular formula is C25H33ClN2O4S. The van der Waals surface area contributed by atoms with Crippen molar-refractivity contribution < 1.29 is 17.9 Å². The molecule has 0 aromatic heterocycles. The minimum Gasteiger partial charge on any atom is -0.492 e. The fraction of sp³-hybridized carbons (Fsp3) is 0.480. The predicted molar refractivity (Wildman–Crippen MR) is 131 cm³/mol. The molecule has 180 valence electrons. The van der Waals surface area contributed by atoms with Gasteiger partial charge in [0.2, 0.25) is 15.9 Å². The third-order valence-corrected chi connectivity index (χ3v) is 8.41. The van der Waals surface area contributed by atoms with E-state index in [4.69, 9.17) is 16.3 Å². The lowest BCUT2D eigenvalue weighted by Gasteiger charge is -2.32. The molecule has 1 N–H and O–H groups in total. The number of piperidine rings is 1. The predicted octanol–water partition coefficient (Wildman–Crippen LogP) is 4.94. The number of benzene rings is 2. The van der Waals surface area contributed by atoms with Gasteiger partial charge in [-0.3, -0.25) is 4.79 Å². The van der Waals surface area contributed by atoms with Gasteiger partial charge in [-0.2, -0.15) is 4.31 Å². The zero-order valence-electron chi connectivity index (χ0n) is 19.9. The molecule has 1 heterocycles. The summed E-state index contributed by atoms with van der Waals surface area (Å²) in [7, 11) is -3.86. The molecule has 6 nitrogen and oxygen atoms in total. The maximum Gasteiger partial charge on any atom is 0.246 e. The highest BCUT2D eigenvalue weighted by Gasteiger charge is 2.35. The van der Waals surface area contributed by atoms with Crippen molar-refractivity contribution in [3.63, 3.8) is 0 Å². The highest BCUT2D eigenvalue weighted by Crippen LogP contribution is 2.32. The number of carbonyl (C=O) groups excluding carboxylic acids is 1. The topological polar surface area (TPSA) is 75.7 Å². The Bertz CT molecular complexity index is 1130. The first-order valence-electron chi connectivity index (χ1n) is 11.3. The molecule has 2 aromatic carbocycles. The summed E-state index contributed by atoms with van der Waals surface area (Å²) in [5.41, 5.74) is 4.60. The Labute approximate surface area is 202 Å². The number of ether oxygens (including phenoxy) is 1. The van der Waals surface area contributed by atoms with Crippen LogP contribution in [0.1, 0.15) is 55.0 Å². The van der Waals surface area contributed by atoms with Crippen LogP contribution in [0, 0.1) is 26.7 Å². The first-order valence-corrected chi connectivity index (χ1v) is 13.2. The Hall–Kier alpha value is -2.09. The lowest BCUT2D eigenvalue weighted by atomic mass is 9.95. The number of carbonyl (C=O) groups is 1. The number of amides is 1. The molecule has 0 spiro atoms. The van der Waals surface area contributed by atoms with Gasteiger partial charge < -0.3 is 10.1 Å². The van der Waals surface area contributed by atoms with E-state index in [1.54, 1.807) is 19.1 Å². The van der Waals surface area contributed by atoms with Gasteiger partial charge in [0, 0.05) is 18.1 Å². The van der Waals surface area contributed by atoms with Gasteiger partial charge in [-0.25, -0.2) is 8.42 Å². The van der Waals surface area contributed by atoms with Crippen molar-refractivity contribution in [3.8, 4) is 5.75 Å². The summed E-state index contributed by atoms with van der Waals surface area (Å²) in [6.07, 6.45) is 1.25. The van der Waals surface area contributed by atoms with Gasteiger partial charge in [-0.05, 0) is 87.9 Å². The molecule has 2 atom stereocenters. The number of halogens is 1. The average molecular weight is 493 g/mol. The van der Waals surface area contributed by atoms with Crippen molar-refractivity contribution in [2.45, 2.75) is 58.4 Å². The largest absolute Gasteiger partial charge is 0.492 e. The zero-order valence-corrected chi connectivity index (χ0v) is 21.5. The van der Waals surface area contributed by atoms with Crippen LogP contribution in [0.25, 0.3) is 0 Å². The molecule has 0 bridgehead atoms. The smallest absolute Gasteiger partial charge is 0.246 e. The van der Waals surface area contributed by atoms with Crippen LogP contribution in [-0.4, -0.2) is 38.3 Å². The molecular weight excluding hydrogens is 460 g/mol. The molecule has 2 unspecified atom stereocenters. The van der Waals surface area contributed by atoms with Crippen LogP contribution < -0.4 is 10.1 Å². The van der Waals surface area contributed by atoms with Crippen LogP contribution in [0.4, 0.5) is 0 Å². The van der Waals surface area contributed by atoms with Crippen LogP contribution >= 0.6 is 11.6 Å². The maximum absolute atomic E-state index is 13.4. The Morgan fingerprint density at radius 2 is 1.88 bits per heavy atom. The van der Waals surface area contributed by atoms with Crippen molar-refractivity contribution in [3.05, 3.63) is 57.6 Å².